The monoisotopic (exact) mass is 422 g/mol. The molecule has 30 heavy (non-hydrogen) atoms. The van der Waals surface area contributed by atoms with Gasteiger partial charge in [0, 0.05) is 17.5 Å². The van der Waals surface area contributed by atoms with Gasteiger partial charge in [-0.15, -0.1) is 0 Å². The maximum atomic E-state index is 13.5. The van der Waals surface area contributed by atoms with Crippen LogP contribution in [0, 0.1) is 5.92 Å². The fraction of sp³-hybridized carbons (Fsp3) is 0.190. The van der Waals surface area contributed by atoms with E-state index in [0.29, 0.717) is 28.5 Å². The number of ether oxygens (including phenoxy) is 3. The van der Waals surface area contributed by atoms with Crippen LogP contribution >= 0.6 is 11.8 Å². The number of carbonyl (C=O) groups is 3. The smallest absolute Gasteiger partial charge is 0.342 e. The molecule has 2 N–H and O–H groups in total. The predicted molar refractivity (Wildman–Crippen MR) is 106 cm³/mol. The molecule has 2 aromatic carbocycles. The summed E-state index contributed by atoms with van der Waals surface area (Å²) in [5.41, 5.74) is 7.50. The quantitative estimate of drug-likeness (QED) is 0.422. The molecule has 8 nitrogen and oxygen atoms in total. The molecule has 4 aliphatic heterocycles. The Morgan fingerprint density at radius 2 is 1.77 bits per heavy atom. The van der Waals surface area contributed by atoms with E-state index in [4.69, 9.17) is 19.9 Å². The number of amides is 2. The summed E-state index contributed by atoms with van der Waals surface area (Å²) >= 11 is 1.05. The highest BCUT2D eigenvalue weighted by Gasteiger charge is 2.58. The van der Waals surface area contributed by atoms with Crippen LogP contribution < -0.4 is 24.8 Å². The minimum absolute atomic E-state index is 0.0898. The topological polar surface area (TPSA) is 108 Å². The number of carbonyl (C=O) groups excluding carboxylic acids is 3. The number of rotatable bonds is 1. The second-order valence-electron chi connectivity index (χ2n) is 7.30. The standard InChI is InChI=1S/C21H14N2O6S/c22-18-16-14(10-3-1-2-4-11(10)29-21(16)26)15-17(30-18)20(25)23(19(15)24)9-5-6-12-13(7-9)28-8-27-12/h1-7,14-15,17H,8,22H2/t14-,15-,17-/m1/s1. The fourth-order valence-corrected chi connectivity index (χ4v) is 5.72. The van der Waals surface area contributed by atoms with E-state index >= 15 is 0 Å². The highest BCUT2D eigenvalue weighted by molar-refractivity contribution is 8.04. The summed E-state index contributed by atoms with van der Waals surface area (Å²) in [6.45, 7) is 0.0898. The number of hydrogen-bond donors (Lipinski definition) is 1. The Bertz CT molecular complexity index is 1190. The van der Waals surface area contributed by atoms with Gasteiger partial charge >= 0.3 is 5.97 Å². The molecule has 2 amide bonds. The second-order valence-corrected chi connectivity index (χ2v) is 8.48. The maximum absolute atomic E-state index is 13.5. The molecule has 0 spiro atoms. The van der Waals surface area contributed by atoms with E-state index in [-0.39, 0.29) is 29.2 Å². The summed E-state index contributed by atoms with van der Waals surface area (Å²) in [5.74, 6) is -1.31. The third-order valence-electron chi connectivity index (χ3n) is 5.78. The van der Waals surface area contributed by atoms with Crippen LogP contribution in [0.5, 0.6) is 17.2 Å². The number of esters is 1. The van der Waals surface area contributed by atoms with Crippen molar-refractivity contribution in [2.45, 2.75) is 11.2 Å². The summed E-state index contributed by atoms with van der Waals surface area (Å²) in [4.78, 5) is 40.6. The average Bonchev–Trinajstić information content (AvgIpc) is 3.30. The van der Waals surface area contributed by atoms with Gasteiger partial charge in [-0.05, 0) is 18.2 Å². The second kappa shape index (κ2) is 6.02. The molecule has 4 aliphatic rings. The first-order valence-corrected chi connectivity index (χ1v) is 10.2. The first-order chi connectivity index (χ1) is 14.5. The zero-order valence-corrected chi connectivity index (χ0v) is 16.2. The van der Waals surface area contributed by atoms with Crippen LogP contribution in [-0.2, 0) is 14.4 Å². The normalized spacial score (nSPS) is 26.3. The molecule has 0 bridgehead atoms. The lowest BCUT2D eigenvalue weighted by molar-refractivity contribution is -0.131. The Morgan fingerprint density at radius 3 is 2.63 bits per heavy atom. The molecule has 150 valence electrons. The zero-order valence-electron chi connectivity index (χ0n) is 15.4. The van der Waals surface area contributed by atoms with Crippen molar-refractivity contribution in [1.82, 2.24) is 0 Å². The van der Waals surface area contributed by atoms with Crippen molar-refractivity contribution in [3.8, 4) is 17.2 Å². The van der Waals surface area contributed by atoms with Gasteiger partial charge in [0.25, 0.3) is 0 Å². The summed E-state index contributed by atoms with van der Waals surface area (Å²) in [7, 11) is 0. The molecule has 1 saturated heterocycles. The van der Waals surface area contributed by atoms with E-state index in [0.717, 1.165) is 16.7 Å². The number of thioether (sulfide) groups is 1. The number of imide groups is 1. The minimum Gasteiger partial charge on any atom is -0.454 e. The Hall–Kier alpha value is -3.46. The molecule has 4 heterocycles. The van der Waals surface area contributed by atoms with Gasteiger partial charge in [0.15, 0.2) is 11.5 Å². The number of para-hydroxylation sites is 1. The molecule has 0 aliphatic carbocycles. The first kappa shape index (κ1) is 17.4. The van der Waals surface area contributed by atoms with Crippen molar-refractivity contribution in [1.29, 1.82) is 0 Å². The van der Waals surface area contributed by atoms with Gasteiger partial charge in [0.2, 0.25) is 18.6 Å². The molecule has 6 rings (SSSR count). The van der Waals surface area contributed by atoms with Crippen molar-refractivity contribution in [2.24, 2.45) is 11.7 Å². The van der Waals surface area contributed by atoms with Crippen molar-refractivity contribution in [3.05, 3.63) is 58.6 Å². The number of anilines is 1. The number of nitrogens with zero attached hydrogens (tertiary/aromatic N) is 1. The fourth-order valence-electron chi connectivity index (χ4n) is 4.48. The summed E-state index contributed by atoms with van der Waals surface area (Å²) in [6.07, 6.45) is 0. The predicted octanol–water partition coefficient (Wildman–Crippen LogP) is 1.89. The molecule has 2 aromatic rings. The van der Waals surface area contributed by atoms with Gasteiger partial charge in [-0.3, -0.25) is 9.59 Å². The van der Waals surface area contributed by atoms with Crippen LogP contribution in [0.2, 0.25) is 0 Å². The van der Waals surface area contributed by atoms with E-state index < -0.39 is 23.1 Å². The Morgan fingerprint density at radius 1 is 0.967 bits per heavy atom. The number of hydrogen-bond acceptors (Lipinski definition) is 8. The minimum atomic E-state index is -0.760. The number of benzene rings is 2. The van der Waals surface area contributed by atoms with Gasteiger partial charge in [0.1, 0.15) is 11.0 Å². The SMILES string of the molecule is NC1=C2C(=O)Oc3ccccc3[C@@H]2[C@H]2C(=O)N(c3ccc4c(c3)OCO4)C(=O)[C@@H]2S1. The largest absolute Gasteiger partial charge is 0.454 e. The van der Waals surface area contributed by atoms with Crippen LogP contribution in [0.15, 0.2) is 53.1 Å². The molecule has 0 unspecified atom stereocenters. The van der Waals surface area contributed by atoms with Crippen LogP contribution in [0.3, 0.4) is 0 Å². The average molecular weight is 422 g/mol. The van der Waals surface area contributed by atoms with Gasteiger partial charge in [-0.2, -0.15) is 0 Å². The Labute approximate surface area is 174 Å². The maximum Gasteiger partial charge on any atom is 0.342 e. The number of nitrogens with two attached hydrogens (primary N) is 1. The Balaban J connectivity index is 1.48. The lowest BCUT2D eigenvalue weighted by atomic mass is 9.77. The number of fused-ring (bicyclic) bond motifs is 6. The van der Waals surface area contributed by atoms with Crippen molar-refractivity contribution >= 4 is 35.2 Å². The van der Waals surface area contributed by atoms with Crippen molar-refractivity contribution < 1.29 is 28.6 Å². The Kier molecular flexibility index (Phi) is 3.49. The van der Waals surface area contributed by atoms with E-state index in [1.54, 1.807) is 42.5 Å². The summed E-state index contributed by atoms with van der Waals surface area (Å²) in [6, 6.07) is 12.0. The van der Waals surface area contributed by atoms with Crippen molar-refractivity contribution in [2.75, 3.05) is 11.7 Å². The zero-order chi connectivity index (χ0) is 20.6. The lowest BCUT2D eigenvalue weighted by Gasteiger charge is -2.36. The molecular formula is C21H14N2O6S. The van der Waals surface area contributed by atoms with Gasteiger partial charge in [-0.1, -0.05) is 30.0 Å². The highest BCUT2D eigenvalue weighted by atomic mass is 32.2. The molecule has 0 aromatic heterocycles. The molecule has 9 heteroatoms. The summed E-state index contributed by atoms with van der Waals surface area (Å²) < 4.78 is 16.1. The van der Waals surface area contributed by atoms with Crippen LogP contribution in [-0.4, -0.2) is 29.8 Å². The first-order valence-electron chi connectivity index (χ1n) is 9.29. The summed E-state index contributed by atoms with van der Waals surface area (Å²) in [5, 5.41) is -0.509. The van der Waals surface area contributed by atoms with E-state index in [2.05, 4.69) is 0 Å². The molecule has 3 atom stereocenters. The van der Waals surface area contributed by atoms with E-state index in [1.165, 1.54) is 0 Å². The van der Waals surface area contributed by atoms with Crippen LogP contribution in [0.4, 0.5) is 5.69 Å². The van der Waals surface area contributed by atoms with Gasteiger partial charge < -0.3 is 19.9 Å². The van der Waals surface area contributed by atoms with E-state index in [9.17, 15) is 14.4 Å². The van der Waals surface area contributed by atoms with Gasteiger partial charge in [-0.25, -0.2) is 9.69 Å². The molecule has 0 saturated carbocycles. The van der Waals surface area contributed by atoms with Crippen molar-refractivity contribution in [3.63, 3.8) is 0 Å². The van der Waals surface area contributed by atoms with E-state index in [1.807, 2.05) is 0 Å². The molecule has 0 radical (unpaired) electrons. The molecular weight excluding hydrogens is 408 g/mol. The van der Waals surface area contributed by atoms with Gasteiger partial charge in [0.05, 0.1) is 22.2 Å². The third-order valence-corrected chi connectivity index (χ3v) is 7.00. The van der Waals surface area contributed by atoms with Crippen LogP contribution in [0.1, 0.15) is 11.5 Å². The lowest BCUT2D eigenvalue weighted by Crippen LogP contribution is -2.39. The third kappa shape index (κ3) is 2.20. The van der Waals surface area contributed by atoms with Crippen LogP contribution in [0.25, 0.3) is 0 Å². The molecule has 1 fully saturated rings. The highest BCUT2D eigenvalue weighted by Crippen LogP contribution is 2.54.